The van der Waals surface area contributed by atoms with Crippen LogP contribution in [-0.4, -0.2) is 126 Å². The number of thiazole rings is 2. The summed E-state index contributed by atoms with van der Waals surface area (Å²) in [6.07, 6.45) is -9.09. The predicted octanol–water partition coefficient (Wildman–Crippen LogP) is -1.03. The molecule has 22 heteroatoms. The van der Waals surface area contributed by atoms with Gasteiger partial charge >= 0.3 is 16.2 Å². The maximum absolute atomic E-state index is 11.5. The summed E-state index contributed by atoms with van der Waals surface area (Å²) in [5.41, 5.74) is 0. The number of aliphatic hydroxyl groups excluding tert-OH is 5. The van der Waals surface area contributed by atoms with Crippen molar-refractivity contribution in [1.29, 1.82) is 0 Å². The van der Waals surface area contributed by atoms with Gasteiger partial charge in [-0.3, -0.25) is 4.79 Å². The molecule has 2 aromatic rings. The molecular formula is C20H24N6O14S2. The van der Waals surface area contributed by atoms with E-state index in [0.717, 1.165) is 31.7 Å². The number of aliphatic hydroxyl groups is 5. The van der Waals surface area contributed by atoms with Crippen molar-refractivity contribution < 1.29 is 59.1 Å². The number of carbonyl (C=O) groups is 1. The molecule has 1 saturated heterocycles. The van der Waals surface area contributed by atoms with Crippen molar-refractivity contribution in [3.8, 4) is 0 Å². The zero-order valence-corrected chi connectivity index (χ0v) is 22.9. The van der Waals surface area contributed by atoms with Crippen LogP contribution in [0.5, 0.6) is 0 Å². The van der Waals surface area contributed by atoms with Crippen molar-refractivity contribution in [1.82, 2.24) is 9.97 Å². The maximum Gasteiger partial charge on any atom is 0.425 e. The molecule has 0 saturated carbocycles. The monoisotopic (exact) mass is 636 g/mol. The van der Waals surface area contributed by atoms with Gasteiger partial charge in [-0.25, -0.2) is 9.98 Å². The fraction of sp³-hybridized carbons (Fsp3) is 0.550. The molecule has 0 radical (unpaired) electrons. The lowest BCUT2D eigenvalue weighted by molar-refractivity contribution is -0.384. The molecule has 3 heterocycles. The molecule has 3 rings (SSSR count). The van der Waals surface area contributed by atoms with Gasteiger partial charge in [0.1, 0.15) is 30.5 Å². The normalized spacial score (nSPS) is 25.0. The first-order valence-corrected chi connectivity index (χ1v) is 13.2. The van der Waals surface area contributed by atoms with Crippen LogP contribution < -0.4 is 0 Å². The molecule has 2 aromatic heterocycles. The van der Waals surface area contributed by atoms with Gasteiger partial charge < -0.3 is 64.7 Å². The number of hydrogen-bond acceptors (Lipinski definition) is 20. The van der Waals surface area contributed by atoms with Crippen molar-refractivity contribution in [2.75, 3.05) is 13.2 Å². The molecule has 0 spiro atoms. The summed E-state index contributed by atoms with van der Waals surface area (Å²) in [4.78, 5) is 46.7. The number of aromatic nitrogens is 2. The Labute approximate surface area is 242 Å². The number of carbonyl (C=O) groups excluding carboxylic acids is 1. The Morgan fingerprint density at radius 2 is 1.67 bits per heavy atom. The van der Waals surface area contributed by atoms with Crippen molar-refractivity contribution in [2.24, 2.45) is 9.98 Å². The summed E-state index contributed by atoms with van der Waals surface area (Å²) < 4.78 is 21.4. The van der Waals surface area contributed by atoms with Gasteiger partial charge in [0.05, 0.1) is 19.4 Å². The first-order chi connectivity index (χ1) is 19.9. The third-order valence-electron chi connectivity index (χ3n) is 5.23. The molecule has 0 amide bonds. The zero-order valence-electron chi connectivity index (χ0n) is 21.3. The van der Waals surface area contributed by atoms with Gasteiger partial charge in [-0.1, -0.05) is 0 Å². The molecule has 8 unspecified atom stereocenters. The number of esters is 1. The SMILES string of the molecule is CC(=O)OC1C(O)C(CO)OC(OC(C=Nc2cnc([N+](=O)[O-])s2)C(CO)OC(O)C=Nc2cnc([N+](=O)[O-])s2)C1O. The Kier molecular flexibility index (Phi) is 11.9. The van der Waals surface area contributed by atoms with Crippen LogP contribution in [-0.2, 0) is 23.7 Å². The third-order valence-corrected chi connectivity index (χ3v) is 6.94. The Bertz CT molecular complexity index is 1290. The number of hydrogen-bond donors (Lipinski definition) is 5. The fourth-order valence-corrected chi connectivity index (χ4v) is 4.57. The van der Waals surface area contributed by atoms with Crippen LogP contribution in [0, 0.1) is 20.2 Å². The summed E-state index contributed by atoms with van der Waals surface area (Å²) in [7, 11) is 0. The second-order valence-corrected chi connectivity index (χ2v) is 10.1. The lowest BCUT2D eigenvalue weighted by Gasteiger charge is -2.42. The summed E-state index contributed by atoms with van der Waals surface area (Å²) in [5, 5.41) is 71.9. The van der Waals surface area contributed by atoms with Crippen LogP contribution in [0.4, 0.5) is 20.3 Å². The number of ether oxygens (including phenoxy) is 4. The van der Waals surface area contributed by atoms with Crippen LogP contribution in [0.15, 0.2) is 22.4 Å². The van der Waals surface area contributed by atoms with Gasteiger partial charge in [-0.05, 0) is 42.5 Å². The molecule has 0 bridgehead atoms. The summed E-state index contributed by atoms with van der Waals surface area (Å²) in [5.74, 6) is -0.870. The van der Waals surface area contributed by atoms with Crippen LogP contribution in [0.25, 0.3) is 0 Å². The molecule has 1 aliphatic rings. The van der Waals surface area contributed by atoms with E-state index in [4.69, 9.17) is 18.9 Å². The van der Waals surface area contributed by atoms with Crippen molar-refractivity contribution in [2.45, 2.75) is 56.1 Å². The second-order valence-electron chi connectivity index (χ2n) is 8.16. The van der Waals surface area contributed by atoms with E-state index >= 15 is 0 Å². The van der Waals surface area contributed by atoms with E-state index in [-0.39, 0.29) is 10.0 Å². The number of nitrogens with zero attached hydrogens (tertiary/aromatic N) is 6. The molecule has 230 valence electrons. The Morgan fingerprint density at radius 3 is 2.14 bits per heavy atom. The highest BCUT2D eigenvalue weighted by atomic mass is 32.1. The quantitative estimate of drug-likeness (QED) is 0.0544. The molecule has 0 aromatic carbocycles. The van der Waals surface area contributed by atoms with Gasteiger partial charge in [0.15, 0.2) is 41.1 Å². The second kappa shape index (κ2) is 15.1. The number of aliphatic imine (C=N–C) groups is 2. The first kappa shape index (κ1) is 33.1. The first-order valence-electron chi connectivity index (χ1n) is 11.6. The number of rotatable bonds is 14. The van der Waals surface area contributed by atoms with E-state index in [0.29, 0.717) is 22.7 Å². The van der Waals surface area contributed by atoms with Crippen molar-refractivity contribution in [3.63, 3.8) is 0 Å². The van der Waals surface area contributed by atoms with E-state index in [1.165, 1.54) is 0 Å². The minimum atomic E-state index is -1.84. The topological polar surface area (TPSA) is 292 Å². The van der Waals surface area contributed by atoms with Gasteiger partial charge in [-0.2, -0.15) is 0 Å². The average Bonchev–Trinajstić information content (AvgIpc) is 3.62. The highest BCUT2D eigenvalue weighted by molar-refractivity contribution is 7.18. The minimum Gasteiger partial charge on any atom is -0.457 e. The van der Waals surface area contributed by atoms with Crippen LogP contribution in [0.3, 0.4) is 0 Å². The molecular weight excluding hydrogens is 612 g/mol. The molecule has 8 atom stereocenters. The highest BCUT2D eigenvalue weighted by Gasteiger charge is 2.48. The lowest BCUT2D eigenvalue weighted by atomic mass is 9.99. The highest BCUT2D eigenvalue weighted by Crippen LogP contribution is 2.30. The fourth-order valence-electron chi connectivity index (χ4n) is 3.39. The minimum absolute atomic E-state index is 0.0208. The summed E-state index contributed by atoms with van der Waals surface area (Å²) >= 11 is 1.20. The molecule has 42 heavy (non-hydrogen) atoms. The average molecular weight is 637 g/mol. The van der Waals surface area contributed by atoms with Gasteiger partial charge in [0, 0.05) is 13.1 Å². The van der Waals surface area contributed by atoms with E-state index in [1.807, 2.05) is 0 Å². The van der Waals surface area contributed by atoms with Crippen molar-refractivity contribution in [3.05, 3.63) is 32.6 Å². The van der Waals surface area contributed by atoms with Gasteiger partial charge in [0.25, 0.3) is 0 Å². The number of nitro groups is 2. The molecule has 20 nitrogen and oxygen atoms in total. The standard InChI is InChI=1S/C20H24N6O14S2/c1-8(29)37-17-15(31)11(7-28)40-18(16(17)32)39-9(2-21-12-3-23-19(41-12)25(33)34)10(6-27)38-14(30)5-22-13-4-24-20(42-13)26(35)36/h2-5,9-11,14-18,27-28,30-32H,6-7H2,1H3. The Balaban J connectivity index is 1.85. The molecule has 5 N–H and O–H groups in total. The maximum atomic E-state index is 11.5. The largest absolute Gasteiger partial charge is 0.457 e. The summed E-state index contributed by atoms with van der Waals surface area (Å²) in [6, 6.07) is 0. The predicted molar refractivity (Wildman–Crippen MR) is 140 cm³/mol. The Morgan fingerprint density at radius 1 is 1.10 bits per heavy atom. The lowest BCUT2D eigenvalue weighted by Crippen LogP contribution is -2.61. The van der Waals surface area contributed by atoms with Crippen LogP contribution in [0.2, 0.25) is 0 Å². The van der Waals surface area contributed by atoms with Crippen LogP contribution >= 0.6 is 22.7 Å². The summed E-state index contributed by atoms with van der Waals surface area (Å²) in [6.45, 7) is -0.621. The van der Waals surface area contributed by atoms with E-state index in [1.54, 1.807) is 0 Å². The molecule has 1 aliphatic heterocycles. The van der Waals surface area contributed by atoms with E-state index in [9.17, 15) is 50.6 Å². The van der Waals surface area contributed by atoms with E-state index in [2.05, 4.69) is 20.0 Å². The van der Waals surface area contributed by atoms with Crippen molar-refractivity contribution >= 4 is 61.3 Å². The van der Waals surface area contributed by atoms with Crippen LogP contribution in [0.1, 0.15) is 6.92 Å². The van der Waals surface area contributed by atoms with Gasteiger partial charge in [-0.15, -0.1) is 0 Å². The third kappa shape index (κ3) is 8.78. The molecule has 1 fully saturated rings. The smallest absolute Gasteiger partial charge is 0.425 e. The van der Waals surface area contributed by atoms with Gasteiger partial charge in [0.2, 0.25) is 0 Å². The molecule has 0 aliphatic carbocycles. The zero-order chi connectivity index (χ0) is 31.0. The Hall–Kier alpha value is -3.45. The van der Waals surface area contributed by atoms with E-state index < -0.39 is 88.5 Å².